The van der Waals surface area contributed by atoms with E-state index >= 15 is 0 Å². The van der Waals surface area contributed by atoms with Crippen LogP contribution < -0.4 is 19.5 Å². The van der Waals surface area contributed by atoms with Gasteiger partial charge in [0.2, 0.25) is 5.78 Å². The number of carbonyl (C=O) groups is 1. The van der Waals surface area contributed by atoms with Crippen LogP contribution in [0.4, 0.5) is 0 Å². The zero-order chi connectivity index (χ0) is 20.8. The number of quaternary nitrogens is 1. The maximum absolute atomic E-state index is 12.9. The van der Waals surface area contributed by atoms with Crippen molar-refractivity contribution in [2.24, 2.45) is 0 Å². The van der Waals surface area contributed by atoms with Crippen LogP contribution in [-0.2, 0) is 6.54 Å². The van der Waals surface area contributed by atoms with Crippen molar-refractivity contribution in [2.45, 2.75) is 40.2 Å². The number of ketones is 1. The topological polar surface area (TPSA) is 63.0 Å². The van der Waals surface area contributed by atoms with Gasteiger partial charge in [0.15, 0.2) is 5.76 Å². The van der Waals surface area contributed by atoms with Gasteiger partial charge in [-0.25, -0.2) is 0 Å². The molecule has 0 spiro atoms. The van der Waals surface area contributed by atoms with E-state index in [1.807, 2.05) is 31.2 Å². The van der Waals surface area contributed by atoms with E-state index in [1.165, 1.54) is 11.0 Å². The van der Waals surface area contributed by atoms with Gasteiger partial charge in [-0.2, -0.15) is 0 Å². The molecule has 0 saturated carbocycles. The fourth-order valence-corrected chi connectivity index (χ4v) is 3.74. The maximum Gasteiger partial charge on any atom is 0.231 e. The molecule has 2 aromatic rings. The van der Waals surface area contributed by atoms with Crippen molar-refractivity contribution >= 4 is 11.9 Å². The second-order valence-electron chi connectivity index (χ2n) is 7.26. The van der Waals surface area contributed by atoms with Crippen LogP contribution in [0.25, 0.3) is 6.08 Å². The fourth-order valence-electron chi connectivity index (χ4n) is 3.74. The number of nitrogens with one attached hydrogen (secondary N) is 1. The van der Waals surface area contributed by atoms with Gasteiger partial charge in [-0.15, -0.1) is 0 Å². The number of rotatable bonds is 9. The van der Waals surface area contributed by atoms with Crippen molar-refractivity contribution in [2.75, 3.05) is 19.7 Å². The summed E-state index contributed by atoms with van der Waals surface area (Å²) in [7, 11) is 0. The minimum Gasteiger partial charge on any atom is -0.872 e. The average molecular weight is 395 g/mol. The van der Waals surface area contributed by atoms with Gasteiger partial charge >= 0.3 is 0 Å². The summed E-state index contributed by atoms with van der Waals surface area (Å²) in [5.41, 5.74) is 1.83. The van der Waals surface area contributed by atoms with Crippen molar-refractivity contribution in [3.8, 4) is 17.2 Å². The van der Waals surface area contributed by atoms with Gasteiger partial charge in [0.1, 0.15) is 18.0 Å². The second kappa shape index (κ2) is 9.61. The number of ether oxygens (including phenoxy) is 2. The number of para-hydroxylation sites is 1. The molecule has 0 fully saturated rings. The molecule has 0 aromatic heterocycles. The molecule has 5 nitrogen and oxygen atoms in total. The van der Waals surface area contributed by atoms with Crippen LogP contribution in [-0.4, -0.2) is 25.5 Å². The van der Waals surface area contributed by atoms with Gasteiger partial charge in [-0.05, 0) is 38.0 Å². The predicted molar refractivity (Wildman–Crippen MR) is 111 cm³/mol. The molecular formula is C24H29NO4. The molecule has 1 heterocycles. The molecule has 0 saturated heterocycles. The van der Waals surface area contributed by atoms with Crippen LogP contribution in [0, 0.1) is 0 Å². The molecule has 0 atom stereocenters. The Bertz CT molecular complexity index is 898. The Morgan fingerprint density at radius 2 is 1.79 bits per heavy atom. The molecule has 0 unspecified atom stereocenters. The van der Waals surface area contributed by atoms with Crippen LogP contribution in [0.15, 0.2) is 42.2 Å². The Labute approximate surface area is 172 Å². The SMILES string of the molecule is CCC[NH+](CCC)Cc1c([O-])ccc2c1OC(=Cc1ccccc1OCC)C2=O. The second-order valence-corrected chi connectivity index (χ2v) is 7.26. The predicted octanol–water partition coefficient (Wildman–Crippen LogP) is 2.98. The molecule has 154 valence electrons. The Hall–Kier alpha value is -2.79. The summed E-state index contributed by atoms with van der Waals surface area (Å²) < 4.78 is 11.6. The summed E-state index contributed by atoms with van der Waals surface area (Å²) in [6.07, 6.45) is 3.78. The van der Waals surface area contributed by atoms with Crippen molar-refractivity contribution in [3.05, 3.63) is 58.8 Å². The van der Waals surface area contributed by atoms with Crippen LogP contribution >= 0.6 is 0 Å². The van der Waals surface area contributed by atoms with Gasteiger partial charge in [0.05, 0.1) is 25.3 Å². The standard InChI is InChI=1S/C24H29NO4/c1-4-13-25(14-5-2)16-19-20(26)12-11-18-23(27)22(29-24(18)19)15-17-9-7-8-10-21(17)28-6-3/h7-12,15,26H,4-6,13-14,16H2,1-3H3. The molecule has 29 heavy (non-hydrogen) atoms. The first-order valence-electron chi connectivity index (χ1n) is 10.4. The fraction of sp³-hybridized carbons (Fsp3) is 0.375. The number of benzene rings is 2. The van der Waals surface area contributed by atoms with Crippen LogP contribution in [0.5, 0.6) is 17.2 Å². The molecule has 5 heteroatoms. The van der Waals surface area contributed by atoms with E-state index in [-0.39, 0.29) is 17.3 Å². The van der Waals surface area contributed by atoms with Gasteiger partial charge in [0, 0.05) is 11.1 Å². The lowest BCUT2D eigenvalue weighted by molar-refractivity contribution is -0.914. The largest absolute Gasteiger partial charge is 0.872 e. The minimum absolute atomic E-state index is 0.0720. The smallest absolute Gasteiger partial charge is 0.231 e. The van der Waals surface area contributed by atoms with E-state index in [1.54, 1.807) is 12.1 Å². The van der Waals surface area contributed by atoms with Gasteiger partial charge in [-0.3, -0.25) is 4.79 Å². The third-order valence-corrected chi connectivity index (χ3v) is 5.04. The third-order valence-electron chi connectivity index (χ3n) is 5.04. The summed E-state index contributed by atoms with van der Waals surface area (Å²) in [6.45, 7) is 9.26. The maximum atomic E-state index is 12.9. The van der Waals surface area contributed by atoms with Crippen molar-refractivity contribution in [1.82, 2.24) is 0 Å². The molecule has 1 N–H and O–H groups in total. The molecule has 0 amide bonds. The van der Waals surface area contributed by atoms with E-state index in [9.17, 15) is 9.90 Å². The number of carbonyl (C=O) groups excluding carboxylic acids is 1. The Balaban J connectivity index is 1.94. The molecule has 0 aliphatic carbocycles. The highest BCUT2D eigenvalue weighted by atomic mass is 16.5. The highest BCUT2D eigenvalue weighted by molar-refractivity contribution is 6.15. The highest BCUT2D eigenvalue weighted by Crippen LogP contribution is 2.38. The van der Waals surface area contributed by atoms with E-state index in [0.29, 0.717) is 35.8 Å². The molecule has 0 bridgehead atoms. The molecule has 1 aliphatic heterocycles. The molecule has 2 aromatic carbocycles. The first kappa shape index (κ1) is 20.9. The van der Waals surface area contributed by atoms with Gasteiger partial charge in [0.25, 0.3) is 0 Å². The van der Waals surface area contributed by atoms with Crippen molar-refractivity contribution in [1.29, 1.82) is 0 Å². The molecule has 1 aliphatic rings. The average Bonchev–Trinajstić information content (AvgIpc) is 3.02. The number of allylic oxidation sites excluding steroid dienone is 1. The summed E-state index contributed by atoms with van der Waals surface area (Å²) in [5, 5.41) is 12.6. The lowest BCUT2D eigenvalue weighted by Crippen LogP contribution is -3.10. The quantitative estimate of drug-likeness (QED) is 0.663. The van der Waals surface area contributed by atoms with Gasteiger partial charge in [-0.1, -0.05) is 43.9 Å². The van der Waals surface area contributed by atoms with E-state index in [2.05, 4.69) is 13.8 Å². The molecule has 3 rings (SSSR count). The number of fused-ring (bicyclic) bond motifs is 1. The number of Topliss-reactive ketones (excluding diaryl/α,β-unsaturated/α-hetero) is 1. The third kappa shape index (κ3) is 4.62. The minimum atomic E-state index is -0.194. The molecular weight excluding hydrogens is 366 g/mol. The first-order chi connectivity index (χ1) is 14.1. The Morgan fingerprint density at radius 3 is 2.48 bits per heavy atom. The Kier molecular flexibility index (Phi) is 6.94. The van der Waals surface area contributed by atoms with Crippen molar-refractivity contribution in [3.63, 3.8) is 0 Å². The van der Waals surface area contributed by atoms with E-state index < -0.39 is 0 Å². The van der Waals surface area contributed by atoms with E-state index in [0.717, 1.165) is 31.5 Å². The number of hydrogen-bond acceptors (Lipinski definition) is 4. The lowest BCUT2D eigenvalue weighted by Gasteiger charge is -2.23. The summed E-state index contributed by atoms with van der Waals surface area (Å²) in [4.78, 5) is 14.3. The summed E-state index contributed by atoms with van der Waals surface area (Å²) >= 11 is 0. The highest BCUT2D eigenvalue weighted by Gasteiger charge is 2.31. The lowest BCUT2D eigenvalue weighted by atomic mass is 10.0. The zero-order valence-corrected chi connectivity index (χ0v) is 17.4. The first-order valence-corrected chi connectivity index (χ1v) is 10.4. The van der Waals surface area contributed by atoms with Crippen LogP contribution in [0.1, 0.15) is 55.1 Å². The zero-order valence-electron chi connectivity index (χ0n) is 17.4. The number of hydrogen-bond donors (Lipinski definition) is 1. The summed E-state index contributed by atoms with van der Waals surface area (Å²) in [6, 6.07) is 10.6. The normalized spacial score (nSPS) is 14.3. The Morgan fingerprint density at radius 1 is 1.07 bits per heavy atom. The van der Waals surface area contributed by atoms with E-state index in [4.69, 9.17) is 9.47 Å². The van der Waals surface area contributed by atoms with Crippen LogP contribution in [0.2, 0.25) is 0 Å². The monoisotopic (exact) mass is 395 g/mol. The van der Waals surface area contributed by atoms with Crippen molar-refractivity contribution < 1.29 is 24.3 Å². The summed E-state index contributed by atoms with van der Waals surface area (Å²) in [5.74, 6) is 1.08. The van der Waals surface area contributed by atoms with Crippen LogP contribution in [0.3, 0.4) is 0 Å². The van der Waals surface area contributed by atoms with Gasteiger partial charge < -0.3 is 19.5 Å². The molecule has 0 radical (unpaired) electrons.